The SMILES string of the molecule is CCCCCC1CCC2=C(CCCC2)C1. The fraction of sp³-hybridized carbons (Fsp3) is 0.867. The fourth-order valence-corrected chi connectivity index (χ4v) is 3.34. The van der Waals surface area contributed by atoms with Gasteiger partial charge in [0.05, 0.1) is 0 Å². The first-order valence-corrected chi connectivity index (χ1v) is 7.10. The van der Waals surface area contributed by atoms with Crippen LogP contribution in [-0.4, -0.2) is 0 Å². The molecule has 0 N–H and O–H groups in total. The number of hydrogen-bond donors (Lipinski definition) is 0. The number of rotatable bonds is 4. The van der Waals surface area contributed by atoms with Gasteiger partial charge in [0.2, 0.25) is 0 Å². The Kier molecular flexibility index (Phi) is 4.29. The summed E-state index contributed by atoms with van der Waals surface area (Å²) in [5.74, 6) is 1.05. The van der Waals surface area contributed by atoms with E-state index < -0.39 is 0 Å². The number of allylic oxidation sites excluding steroid dienone is 2. The van der Waals surface area contributed by atoms with Crippen LogP contribution >= 0.6 is 0 Å². The molecule has 0 bridgehead atoms. The predicted molar refractivity (Wildman–Crippen MR) is 67.0 cm³/mol. The van der Waals surface area contributed by atoms with Crippen LogP contribution in [0.4, 0.5) is 0 Å². The van der Waals surface area contributed by atoms with Crippen molar-refractivity contribution in [3.05, 3.63) is 11.1 Å². The minimum atomic E-state index is 1.05. The maximum atomic E-state index is 2.31. The molecule has 0 amide bonds. The molecule has 0 saturated carbocycles. The third-order valence-corrected chi connectivity index (χ3v) is 4.31. The minimum absolute atomic E-state index is 1.05. The normalized spacial score (nSPS) is 26.6. The van der Waals surface area contributed by atoms with Gasteiger partial charge in [0.15, 0.2) is 0 Å². The van der Waals surface area contributed by atoms with Crippen LogP contribution in [0, 0.1) is 5.92 Å². The van der Waals surface area contributed by atoms with Crippen LogP contribution in [0.25, 0.3) is 0 Å². The Hall–Kier alpha value is -0.260. The summed E-state index contributed by atoms with van der Waals surface area (Å²) in [6.45, 7) is 2.31. The highest BCUT2D eigenvalue weighted by atomic mass is 14.3. The molecule has 0 radical (unpaired) electrons. The Morgan fingerprint density at radius 2 is 1.80 bits per heavy atom. The summed E-state index contributed by atoms with van der Waals surface area (Å²) in [5, 5.41) is 0. The van der Waals surface area contributed by atoms with Gasteiger partial charge >= 0.3 is 0 Å². The van der Waals surface area contributed by atoms with Crippen molar-refractivity contribution in [2.45, 2.75) is 77.6 Å². The predicted octanol–water partition coefficient (Wildman–Crippen LogP) is 5.24. The van der Waals surface area contributed by atoms with Crippen molar-refractivity contribution in [1.82, 2.24) is 0 Å². The van der Waals surface area contributed by atoms with E-state index in [9.17, 15) is 0 Å². The molecule has 2 aliphatic rings. The molecular formula is C15H26. The van der Waals surface area contributed by atoms with Gasteiger partial charge < -0.3 is 0 Å². The van der Waals surface area contributed by atoms with Crippen molar-refractivity contribution < 1.29 is 0 Å². The molecule has 2 aliphatic carbocycles. The molecule has 0 heterocycles. The van der Waals surface area contributed by atoms with Gasteiger partial charge in [-0.3, -0.25) is 0 Å². The molecule has 0 spiro atoms. The lowest BCUT2D eigenvalue weighted by atomic mass is 9.76. The van der Waals surface area contributed by atoms with Gasteiger partial charge in [-0.1, -0.05) is 43.8 Å². The molecule has 0 heteroatoms. The smallest absolute Gasteiger partial charge is 0.0289 e. The highest BCUT2D eigenvalue weighted by molar-refractivity contribution is 5.20. The standard InChI is InChI=1S/C15H26/c1-2-3-4-7-13-10-11-14-8-5-6-9-15(14)12-13/h13H,2-12H2,1H3. The van der Waals surface area contributed by atoms with Crippen molar-refractivity contribution in [3.63, 3.8) is 0 Å². The third-order valence-electron chi connectivity index (χ3n) is 4.31. The Morgan fingerprint density at radius 1 is 1.00 bits per heavy atom. The largest absolute Gasteiger partial charge is 0.0710 e. The van der Waals surface area contributed by atoms with E-state index in [2.05, 4.69) is 6.92 Å². The zero-order chi connectivity index (χ0) is 10.5. The Labute approximate surface area is 95.1 Å². The molecule has 0 aliphatic heterocycles. The second-order valence-electron chi connectivity index (χ2n) is 5.52. The topological polar surface area (TPSA) is 0 Å². The van der Waals surface area contributed by atoms with Crippen LogP contribution < -0.4 is 0 Å². The van der Waals surface area contributed by atoms with E-state index in [1.807, 2.05) is 11.1 Å². The lowest BCUT2D eigenvalue weighted by Crippen LogP contribution is -2.13. The highest BCUT2D eigenvalue weighted by Crippen LogP contribution is 2.39. The Bertz CT molecular complexity index is 224. The van der Waals surface area contributed by atoms with Crippen molar-refractivity contribution >= 4 is 0 Å². The molecule has 2 rings (SSSR count). The van der Waals surface area contributed by atoms with Gasteiger partial charge in [-0.15, -0.1) is 0 Å². The molecule has 1 atom stereocenters. The highest BCUT2D eigenvalue weighted by Gasteiger charge is 2.22. The third kappa shape index (κ3) is 3.09. The summed E-state index contributed by atoms with van der Waals surface area (Å²) in [4.78, 5) is 0. The van der Waals surface area contributed by atoms with Crippen molar-refractivity contribution in [2.24, 2.45) is 5.92 Å². The lowest BCUT2D eigenvalue weighted by Gasteiger charge is -2.30. The van der Waals surface area contributed by atoms with Gasteiger partial charge in [-0.2, -0.15) is 0 Å². The summed E-state index contributed by atoms with van der Waals surface area (Å²) in [6.07, 6.45) is 16.1. The zero-order valence-corrected chi connectivity index (χ0v) is 10.4. The van der Waals surface area contributed by atoms with E-state index in [1.54, 1.807) is 0 Å². The van der Waals surface area contributed by atoms with E-state index in [0.29, 0.717) is 0 Å². The Balaban J connectivity index is 1.79. The summed E-state index contributed by atoms with van der Waals surface area (Å²) in [5.41, 5.74) is 3.75. The first-order chi connectivity index (χ1) is 7.40. The first kappa shape index (κ1) is 11.2. The van der Waals surface area contributed by atoms with Crippen LogP contribution in [0.1, 0.15) is 77.6 Å². The molecule has 0 aromatic carbocycles. The lowest BCUT2D eigenvalue weighted by molar-refractivity contribution is 0.385. The summed E-state index contributed by atoms with van der Waals surface area (Å²) in [7, 11) is 0. The molecular weight excluding hydrogens is 180 g/mol. The zero-order valence-electron chi connectivity index (χ0n) is 10.4. The molecule has 0 fully saturated rings. The van der Waals surface area contributed by atoms with Crippen molar-refractivity contribution in [2.75, 3.05) is 0 Å². The monoisotopic (exact) mass is 206 g/mol. The van der Waals surface area contributed by atoms with E-state index in [0.717, 1.165) is 5.92 Å². The van der Waals surface area contributed by atoms with E-state index in [1.165, 1.54) is 70.6 Å². The molecule has 0 aromatic rings. The van der Waals surface area contributed by atoms with Gasteiger partial charge in [0.25, 0.3) is 0 Å². The fourth-order valence-electron chi connectivity index (χ4n) is 3.34. The number of hydrogen-bond acceptors (Lipinski definition) is 0. The molecule has 0 nitrogen and oxygen atoms in total. The van der Waals surface area contributed by atoms with Gasteiger partial charge in [0.1, 0.15) is 0 Å². The van der Waals surface area contributed by atoms with Crippen LogP contribution in [0.2, 0.25) is 0 Å². The molecule has 0 aromatic heterocycles. The van der Waals surface area contributed by atoms with Crippen LogP contribution in [-0.2, 0) is 0 Å². The second-order valence-corrected chi connectivity index (χ2v) is 5.52. The summed E-state index contributed by atoms with van der Waals surface area (Å²) in [6, 6.07) is 0. The van der Waals surface area contributed by atoms with Gasteiger partial charge in [-0.05, 0) is 50.9 Å². The maximum Gasteiger partial charge on any atom is -0.0289 e. The summed E-state index contributed by atoms with van der Waals surface area (Å²) >= 11 is 0. The van der Waals surface area contributed by atoms with Crippen molar-refractivity contribution in [1.29, 1.82) is 0 Å². The molecule has 1 unspecified atom stereocenters. The summed E-state index contributed by atoms with van der Waals surface area (Å²) < 4.78 is 0. The van der Waals surface area contributed by atoms with Gasteiger partial charge in [0, 0.05) is 0 Å². The minimum Gasteiger partial charge on any atom is -0.0710 e. The first-order valence-electron chi connectivity index (χ1n) is 7.10. The number of unbranched alkanes of at least 4 members (excludes halogenated alkanes) is 2. The van der Waals surface area contributed by atoms with Gasteiger partial charge in [-0.25, -0.2) is 0 Å². The van der Waals surface area contributed by atoms with Crippen molar-refractivity contribution in [3.8, 4) is 0 Å². The maximum absolute atomic E-state index is 2.31. The van der Waals surface area contributed by atoms with E-state index >= 15 is 0 Å². The average molecular weight is 206 g/mol. The second kappa shape index (κ2) is 5.72. The molecule has 15 heavy (non-hydrogen) atoms. The van der Waals surface area contributed by atoms with Crippen LogP contribution in [0.3, 0.4) is 0 Å². The molecule has 86 valence electrons. The average Bonchev–Trinajstić information content (AvgIpc) is 2.29. The van der Waals surface area contributed by atoms with Crippen LogP contribution in [0.5, 0.6) is 0 Å². The quantitative estimate of drug-likeness (QED) is 0.436. The Morgan fingerprint density at radius 3 is 2.60 bits per heavy atom. The molecule has 0 saturated heterocycles. The van der Waals surface area contributed by atoms with E-state index in [4.69, 9.17) is 0 Å². The van der Waals surface area contributed by atoms with Crippen LogP contribution in [0.15, 0.2) is 11.1 Å². The van der Waals surface area contributed by atoms with E-state index in [-0.39, 0.29) is 0 Å².